The van der Waals surface area contributed by atoms with Crippen molar-refractivity contribution in [2.75, 3.05) is 20.5 Å². The number of carbonyl (C=O) groups is 1. The Balaban J connectivity index is 0.00000264. The molecule has 1 atom stereocenters. The minimum Gasteiger partial charge on any atom is -0.454 e. The number of fused-ring (bicyclic) bond motifs is 1. The van der Waals surface area contributed by atoms with Gasteiger partial charge in [-0.05, 0) is 6.07 Å². The average Bonchev–Trinajstić information content (AvgIpc) is 2.91. The summed E-state index contributed by atoms with van der Waals surface area (Å²) in [6.07, 6.45) is 0. The van der Waals surface area contributed by atoms with Gasteiger partial charge in [-0.25, -0.2) is 0 Å². The van der Waals surface area contributed by atoms with Crippen LogP contribution in [0.25, 0.3) is 0 Å². The molecule has 1 aliphatic rings. The number of nitrogens with two attached hydrogens (primary N) is 1. The summed E-state index contributed by atoms with van der Waals surface area (Å²) < 4.78 is 44.4. The van der Waals surface area contributed by atoms with Crippen molar-refractivity contribution in [3.63, 3.8) is 0 Å². The first-order valence-electron chi connectivity index (χ1n) is 6.40. The summed E-state index contributed by atoms with van der Waals surface area (Å²) in [4.78, 5) is 11.7. The predicted molar refractivity (Wildman–Crippen MR) is 78.1 cm³/mol. The van der Waals surface area contributed by atoms with E-state index in [0.717, 1.165) is 0 Å². The van der Waals surface area contributed by atoms with E-state index in [-0.39, 0.29) is 38.1 Å². The molecule has 0 spiro atoms. The quantitative estimate of drug-likeness (QED) is 0.760. The van der Waals surface area contributed by atoms with E-state index in [9.17, 15) is 13.6 Å². The number of rotatable bonds is 7. The number of ether oxygens (including phenoxy) is 4. The van der Waals surface area contributed by atoms with Gasteiger partial charge in [0.15, 0.2) is 11.5 Å². The molecule has 1 heterocycles. The number of amides is 1. The van der Waals surface area contributed by atoms with Gasteiger partial charge in [0, 0.05) is 25.3 Å². The molecule has 1 aliphatic heterocycles. The van der Waals surface area contributed by atoms with Crippen LogP contribution in [0.1, 0.15) is 5.56 Å². The lowest BCUT2D eigenvalue weighted by molar-refractivity contribution is -0.123. The normalized spacial score (nSPS) is 13.4. The molecule has 0 fully saturated rings. The van der Waals surface area contributed by atoms with Crippen molar-refractivity contribution in [3.05, 3.63) is 17.7 Å². The lowest BCUT2D eigenvalue weighted by atomic mass is 10.1. The van der Waals surface area contributed by atoms with Gasteiger partial charge in [0.25, 0.3) is 0 Å². The topological polar surface area (TPSA) is 92.0 Å². The molecule has 0 aromatic heterocycles. The van der Waals surface area contributed by atoms with E-state index in [0.29, 0.717) is 17.1 Å². The molecule has 23 heavy (non-hydrogen) atoms. The van der Waals surface area contributed by atoms with Gasteiger partial charge in [0.2, 0.25) is 12.7 Å². The molecule has 0 saturated heterocycles. The first-order chi connectivity index (χ1) is 10.5. The van der Waals surface area contributed by atoms with Crippen molar-refractivity contribution in [2.24, 2.45) is 5.73 Å². The monoisotopic (exact) mass is 354 g/mol. The van der Waals surface area contributed by atoms with Crippen LogP contribution in [0.3, 0.4) is 0 Å². The molecule has 10 heteroatoms. The second-order valence-electron chi connectivity index (χ2n) is 4.47. The molecule has 3 N–H and O–H groups in total. The highest BCUT2D eigenvalue weighted by molar-refractivity contribution is 5.85. The van der Waals surface area contributed by atoms with E-state index < -0.39 is 18.6 Å². The van der Waals surface area contributed by atoms with E-state index in [1.165, 1.54) is 19.2 Å². The van der Waals surface area contributed by atoms with E-state index in [4.69, 9.17) is 19.9 Å². The summed E-state index contributed by atoms with van der Waals surface area (Å²) in [5, 5.41) is 2.52. The second kappa shape index (κ2) is 8.70. The van der Waals surface area contributed by atoms with Gasteiger partial charge in [-0.1, -0.05) is 0 Å². The molecule has 0 bridgehead atoms. The summed E-state index contributed by atoms with van der Waals surface area (Å²) in [5.41, 5.74) is 5.89. The van der Waals surface area contributed by atoms with E-state index in [1.54, 1.807) is 0 Å². The number of methoxy groups -OCH3 is 1. The van der Waals surface area contributed by atoms with Crippen LogP contribution in [0.5, 0.6) is 17.2 Å². The van der Waals surface area contributed by atoms with Crippen molar-refractivity contribution in [3.8, 4) is 17.2 Å². The van der Waals surface area contributed by atoms with Crippen LogP contribution in [0, 0.1) is 0 Å². The van der Waals surface area contributed by atoms with Crippen molar-refractivity contribution in [2.45, 2.75) is 19.2 Å². The van der Waals surface area contributed by atoms with Gasteiger partial charge in [0.05, 0.1) is 6.61 Å². The summed E-state index contributed by atoms with van der Waals surface area (Å²) in [7, 11) is 1.42. The minimum atomic E-state index is -2.99. The molecule has 130 valence electrons. The Hall–Kier alpha value is -1.84. The fourth-order valence-electron chi connectivity index (χ4n) is 1.88. The lowest BCUT2D eigenvalue weighted by Crippen LogP contribution is -2.43. The maximum Gasteiger partial charge on any atom is 0.387 e. The number of alkyl halides is 2. The molecule has 1 aromatic carbocycles. The molecule has 0 saturated carbocycles. The zero-order valence-corrected chi connectivity index (χ0v) is 13.0. The smallest absolute Gasteiger partial charge is 0.387 e. The number of hydrogen-bond acceptors (Lipinski definition) is 6. The van der Waals surface area contributed by atoms with Gasteiger partial charge >= 0.3 is 6.61 Å². The summed E-state index contributed by atoms with van der Waals surface area (Å²) >= 11 is 0. The standard InChI is InChI=1S/C13H16F2N2O5.ClH/c1-19-5-8(16)12(18)17-4-7-2-10-11(21-6-20-10)3-9(7)22-13(14)15;/h2-3,8,13H,4-6,16H2,1H3,(H,17,18);1H. The summed E-state index contributed by atoms with van der Waals surface area (Å²) in [6.45, 7) is -2.99. The molecule has 2 rings (SSSR count). The van der Waals surface area contributed by atoms with Crippen LogP contribution in [0.4, 0.5) is 8.78 Å². The Bertz CT molecular complexity index is 547. The molecule has 1 amide bonds. The van der Waals surface area contributed by atoms with Gasteiger partial charge in [-0.2, -0.15) is 8.78 Å². The third-order valence-corrected chi connectivity index (χ3v) is 2.91. The molecule has 7 nitrogen and oxygen atoms in total. The van der Waals surface area contributed by atoms with Crippen LogP contribution >= 0.6 is 12.4 Å². The van der Waals surface area contributed by atoms with Crippen LogP contribution < -0.4 is 25.3 Å². The highest BCUT2D eigenvalue weighted by atomic mass is 35.5. The zero-order chi connectivity index (χ0) is 16.1. The molecule has 0 radical (unpaired) electrons. The van der Waals surface area contributed by atoms with Crippen LogP contribution in [0.15, 0.2) is 12.1 Å². The Kier molecular flexibility index (Phi) is 7.27. The number of nitrogens with one attached hydrogen (secondary N) is 1. The Morgan fingerprint density at radius 1 is 1.39 bits per heavy atom. The number of benzene rings is 1. The third kappa shape index (κ3) is 5.08. The fourth-order valence-corrected chi connectivity index (χ4v) is 1.88. The molecule has 0 aliphatic carbocycles. The van der Waals surface area contributed by atoms with E-state index in [2.05, 4.69) is 10.1 Å². The fraction of sp³-hybridized carbons (Fsp3) is 0.462. The Labute approximate surface area is 137 Å². The van der Waals surface area contributed by atoms with Crippen molar-refractivity contribution in [1.29, 1.82) is 0 Å². The highest BCUT2D eigenvalue weighted by Crippen LogP contribution is 2.38. The zero-order valence-electron chi connectivity index (χ0n) is 12.2. The molecule has 1 aromatic rings. The number of hydrogen-bond donors (Lipinski definition) is 2. The SMILES string of the molecule is COCC(N)C(=O)NCc1cc2c(cc1OC(F)F)OCO2.Cl. The van der Waals surface area contributed by atoms with Crippen molar-refractivity contribution >= 4 is 18.3 Å². The Morgan fingerprint density at radius 3 is 2.65 bits per heavy atom. The van der Waals surface area contributed by atoms with Crippen molar-refractivity contribution in [1.82, 2.24) is 5.32 Å². The summed E-state index contributed by atoms with van der Waals surface area (Å²) in [5.74, 6) is 0.135. The second-order valence-corrected chi connectivity index (χ2v) is 4.47. The highest BCUT2D eigenvalue weighted by Gasteiger charge is 2.21. The first kappa shape index (κ1) is 19.2. The van der Waals surface area contributed by atoms with E-state index >= 15 is 0 Å². The van der Waals surface area contributed by atoms with Crippen LogP contribution in [-0.2, 0) is 16.1 Å². The lowest BCUT2D eigenvalue weighted by Gasteiger charge is -2.14. The van der Waals surface area contributed by atoms with Gasteiger partial charge in [0.1, 0.15) is 11.8 Å². The number of halogens is 3. The van der Waals surface area contributed by atoms with Gasteiger partial charge in [-0.15, -0.1) is 12.4 Å². The minimum absolute atomic E-state index is 0. The molecular formula is C13H17ClF2N2O5. The maximum atomic E-state index is 12.5. The first-order valence-corrected chi connectivity index (χ1v) is 6.40. The third-order valence-electron chi connectivity index (χ3n) is 2.91. The van der Waals surface area contributed by atoms with Crippen LogP contribution in [-0.4, -0.2) is 39.1 Å². The Morgan fingerprint density at radius 2 is 2.04 bits per heavy atom. The summed E-state index contributed by atoms with van der Waals surface area (Å²) in [6, 6.07) is 1.92. The van der Waals surface area contributed by atoms with E-state index in [1.807, 2.05) is 0 Å². The van der Waals surface area contributed by atoms with Gasteiger partial charge in [-0.3, -0.25) is 4.79 Å². The van der Waals surface area contributed by atoms with Crippen LogP contribution in [0.2, 0.25) is 0 Å². The number of carbonyl (C=O) groups excluding carboxylic acids is 1. The average molecular weight is 355 g/mol. The van der Waals surface area contributed by atoms with Crippen molar-refractivity contribution < 1.29 is 32.5 Å². The molecule has 1 unspecified atom stereocenters. The molecular weight excluding hydrogens is 338 g/mol. The predicted octanol–water partition coefficient (Wildman–Crippen LogP) is 1.03. The largest absolute Gasteiger partial charge is 0.454 e. The van der Waals surface area contributed by atoms with Gasteiger partial charge < -0.3 is 30.0 Å². The maximum absolute atomic E-state index is 12.5.